The minimum Gasteiger partial charge on any atom is -0.480 e. The van der Waals surface area contributed by atoms with Crippen molar-refractivity contribution in [1.29, 1.82) is 0 Å². The lowest BCUT2D eigenvalue weighted by Gasteiger charge is -2.25. The number of carboxylic acid groups (broad SMARTS) is 1. The minimum absolute atomic E-state index is 0.0192. The van der Waals surface area contributed by atoms with Crippen LogP contribution in [0.25, 0.3) is 0 Å². The van der Waals surface area contributed by atoms with Gasteiger partial charge in [-0.15, -0.1) is 0 Å². The Bertz CT molecular complexity index is 787. The van der Waals surface area contributed by atoms with E-state index in [4.69, 9.17) is 4.84 Å². The number of rotatable bonds is 7. The molecule has 0 spiro atoms. The van der Waals surface area contributed by atoms with E-state index in [1.165, 1.54) is 19.1 Å². The van der Waals surface area contributed by atoms with Gasteiger partial charge < -0.3 is 5.11 Å². The Morgan fingerprint density at radius 3 is 2.25 bits per heavy atom. The van der Waals surface area contributed by atoms with E-state index in [2.05, 4.69) is 0 Å². The molecule has 2 rings (SSSR count). The number of carbonyl (C=O) groups is 1. The van der Waals surface area contributed by atoms with Crippen molar-refractivity contribution in [3.63, 3.8) is 0 Å². The lowest BCUT2D eigenvalue weighted by Crippen LogP contribution is -2.43. The molecule has 128 valence electrons. The van der Waals surface area contributed by atoms with Gasteiger partial charge in [0.15, 0.2) is 0 Å². The summed E-state index contributed by atoms with van der Waals surface area (Å²) in [5.41, 5.74) is 1.64. The van der Waals surface area contributed by atoms with Gasteiger partial charge in [-0.25, -0.2) is 8.42 Å². The smallest absolute Gasteiger partial charge is 0.324 e. The summed E-state index contributed by atoms with van der Waals surface area (Å²) >= 11 is 0. The van der Waals surface area contributed by atoms with Gasteiger partial charge in [0.25, 0.3) is 10.0 Å². The third kappa shape index (κ3) is 4.19. The third-order valence-corrected chi connectivity index (χ3v) is 5.19. The number of nitrogens with zero attached hydrogens (tertiary/aromatic N) is 1. The Kier molecular flexibility index (Phi) is 5.71. The van der Waals surface area contributed by atoms with Gasteiger partial charge in [-0.05, 0) is 31.5 Å². The van der Waals surface area contributed by atoms with Gasteiger partial charge >= 0.3 is 5.97 Å². The zero-order valence-electron chi connectivity index (χ0n) is 13.4. The van der Waals surface area contributed by atoms with E-state index in [-0.39, 0.29) is 11.5 Å². The molecule has 0 radical (unpaired) electrons. The first-order chi connectivity index (χ1) is 11.3. The van der Waals surface area contributed by atoms with E-state index < -0.39 is 22.0 Å². The van der Waals surface area contributed by atoms with Gasteiger partial charge in [0.2, 0.25) is 0 Å². The first-order valence-corrected chi connectivity index (χ1v) is 8.77. The molecule has 0 amide bonds. The fraction of sp³-hybridized carbons (Fsp3) is 0.235. The Labute approximate surface area is 141 Å². The highest BCUT2D eigenvalue weighted by atomic mass is 32.2. The van der Waals surface area contributed by atoms with Crippen molar-refractivity contribution in [2.45, 2.75) is 31.4 Å². The second-order valence-corrected chi connectivity index (χ2v) is 7.13. The van der Waals surface area contributed by atoms with Crippen LogP contribution < -0.4 is 0 Å². The highest BCUT2D eigenvalue weighted by Crippen LogP contribution is 2.20. The van der Waals surface area contributed by atoms with E-state index in [1.54, 1.807) is 36.4 Å². The van der Waals surface area contributed by atoms with Crippen LogP contribution in [0, 0.1) is 6.92 Å². The molecule has 0 fully saturated rings. The van der Waals surface area contributed by atoms with E-state index >= 15 is 0 Å². The molecule has 0 aromatic heterocycles. The largest absolute Gasteiger partial charge is 0.480 e. The van der Waals surface area contributed by atoms with Crippen molar-refractivity contribution in [3.8, 4) is 0 Å². The SMILES string of the molecule is Cc1ccc(S(=O)(=O)N(OCc2ccccc2)[C@@H](C)C(=O)O)cc1. The van der Waals surface area contributed by atoms with Crippen LogP contribution in [-0.4, -0.2) is 30.0 Å². The zero-order valence-corrected chi connectivity index (χ0v) is 14.2. The number of hydroxylamine groups is 1. The second-order valence-electron chi connectivity index (χ2n) is 5.35. The Morgan fingerprint density at radius 1 is 1.12 bits per heavy atom. The van der Waals surface area contributed by atoms with Gasteiger partial charge in [0.1, 0.15) is 6.04 Å². The molecule has 1 atom stereocenters. The molecule has 7 heteroatoms. The van der Waals surface area contributed by atoms with Crippen LogP contribution in [0.5, 0.6) is 0 Å². The molecule has 0 saturated carbocycles. The quantitative estimate of drug-likeness (QED) is 0.777. The first-order valence-electron chi connectivity index (χ1n) is 7.33. The second kappa shape index (κ2) is 7.57. The number of benzene rings is 2. The lowest BCUT2D eigenvalue weighted by atomic mass is 10.2. The van der Waals surface area contributed by atoms with E-state index in [1.807, 2.05) is 13.0 Å². The standard InChI is InChI=1S/C17H19NO5S/c1-13-8-10-16(11-9-13)24(21,22)18(14(2)17(19)20)23-12-15-6-4-3-5-7-15/h3-11,14H,12H2,1-2H3,(H,19,20)/t14-/m0/s1. The van der Waals surface area contributed by atoms with Crippen LogP contribution in [0.2, 0.25) is 0 Å². The summed E-state index contributed by atoms with van der Waals surface area (Å²) in [7, 11) is -4.10. The summed E-state index contributed by atoms with van der Waals surface area (Å²) in [5.74, 6) is -1.29. The van der Waals surface area contributed by atoms with Crippen molar-refractivity contribution in [3.05, 3.63) is 65.7 Å². The van der Waals surface area contributed by atoms with Gasteiger partial charge in [-0.2, -0.15) is 0 Å². The van der Waals surface area contributed by atoms with E-state index in [0.717, 1.165) is 11.1 Å². The van der Waals surface area contributed by atoms with Crippen molar-refractivity contribution >= 4 is 16.0 Å². The predicted octanol–water partition coefficient (Wildman–Crippen LogP) is 2.59. The molecule has 0 aliphatic rings. The van der Waals surface area contributed by atoms with Gasteiger partial charge in [0.05, 0.1) is 11.5 Å². The molecule has 0 saturated heterocycles. The average Bonchev–Trinajstić information content (AvgIpc) is 2.56. The Balaban J connectivity index is 2.31. The predicted molar refractivity (Wildman–Crippen MR) is 88.5 cm³/mol. The third-order valence-electron chi connectivity index (χ3n) is 3.43. The molecule has 1 N–H and O–H groups in total. The van der Waals surface area contributed by atoms with Crippen molar-refractivity contribution < 1.29 is 23.2 Å². The molecule has 0 unspecified atom stereocenters. The highest BCUT2D eigenvalue weighted by molar-refractivity contribution is 7.89. The molecule has 6 nitrogen and oxygen atoms in total. The molecule has 0 heterocycles. The zero-order chi connectivity index (χ0) is 17.7. The summed E-state index contributed by atoms with van der Waals surface area (Å²) in [6.07, 6.45) is 0. The molecule has 0 aliphatic carbocycles. The average molecular weight is 349 g/mol. The number of sulfonamides is 1. The fourth-order valence-electron chi connectivity index (χ4n) is 2.01. The molecule has 0 aliphatic heterocycles. The molecular formula is C17H19NO5S. The molecule has 24 heavy (non-hydrogen) atoms. The first kappa shape index (κ1) is 18.1. The van der Waals surface area contributed by atoms with Crippen LogP contribution in [0.15, 0.2) is 59.5 Å². The van der Waals surface area contributed by atoms with Gasteiger partial charge in [-0.1, -0.05) is 52.5 Å². The van der Waals surface area contributed by atoms with Crippen LogP contribution >= 0.6 is 0 Å². The number of carboxylic acids is 1. The molecule has 2 aromatic carbocycles. The normalized spacial score (nSPS) is 13.0. The molecular weight excluding hydrogens is 330 g/mol. The van der Waals surface area contributed by atoms with Crippen molar-refractivity contribution in [2.24, 2.45) is 0 Å². The van der Waals surface area contributed by atoms with Crippen LogP contribution in [0.1, 0.15) is 18.1 Å². The summed E-state index contributed by atoms with van der Waals surface area (Å²) < 4.78 is 26.0. The molecule has 0 bridgehead atoms. The van der Waals surface area contributed by atoms with Crippen LogP contribution in [0.3, 0.4) is 0 Å². The maximum Gasteiger partial charge on any atom is 0.324 e. The molecule has 2 aromatic rings. The number of aliphatic carboxylic acids is 1. The van der Waals surface area contributed by atoms with Crippen molar-refractivity contribution in [1.82, 2.24) is 4.47 Å². The van der Waals surface area contributed by atoms with E-state index in [9.17, 15) is 18.3 Å². The van der Waals surface area contributed by atoms with E-state index in [0.29, 0.717) is 4.47 Å². The fourth-order valence-corrected chi connectivity index (χ4v) is 3.39. The van der Waals surface area contributed by atoms with Gasteiger partial charge in [-0.3, -0.25) is 9.63 Å². The minimum atomic E-state index is -4.10. The summed E-state index contributed by atoms with van der Waals surface area (Å²) in [6.45, 7) is 3.04. The number of hydrogen-bond acceptors (Lipinski definition) is 4. The highest BCUT2D eigenvalue weighted by Gasteiger charge is 2.34. The maximum atomic E-state index is 12.7. The topological polar surface area (TPSA) is 83.9 Å². The summed E-state index contributed by atoms with van der Waals surface area (Å²) in [4.78, 5) is 16.6. The number of aryl methyl sites for hydroxylation is 1. The lowest BCUT2D eigenvalue weighted by molar-refractivity contribution is -0.163. The monoisotopic (exact) mass is 349 g/mol. The number of hydrogen-bond donors (Lipinski definition) is 1. The Hall–Kier alpha value is -2.22. The van der Waals surface area contributed by atoms with Crippen LogP contribution in [-0.2, 0) is 26.3 Å². The van der Waals surface area contributed by atoms with Gasteiger partial charge in [0, 0.05) is 0 Å². The summed E-state index contributed by atoms with van der Waals surface area (Å²) in [5, 5.41) is 9.22. The summed E-state index contributed by atoms with van der Waals surface area (Å²) in [6, 6.07) is 13.7. The Morgan fingerprint density at radius 2 is 1.71 bits per heavy atom. The van der Waals surface area contributed by atoms with Crippen LogP contribution in [0.4, 0.5) is 0 Å². The van der Waals surface area contributed by atoms with Crippen molar-refractivity contribution in [2.75, 3.05) is 0 Å². The maximum absolute atomic E-state index is 12.7.